The van der Waals surface area contributed by atoms with Crippen molar-refractivity contribution in [1.82, 2.24) is 0 Å². The molecule has 1 aliphatic rings. The molecule has 2 aromatic rings. The Morgan fingerprint density at radius 3 is 2.38 bits per heavy atom. The van der Waals surface area contributed by atoms with E-state index in [9.17, 15) is 8.42 Å². The average Bonchev–Trinajstić information content (AvgIpc) is 3.05. The van der Waals surface area contributed by atoms with Crippen molar-refractivity contribution in [3.63, 3.8) is 0 Å². The van der Waals surface area contributed by atoms with Gasteiger partial charge in [-0.2, -0.15) is 0 Å². The van der Waals surface area contributed by atoms with Gasteiger partial charge in [0.2, 0.25) is 15.9 Å². The standard InChI is InChI=1S/C20H24N2O3S/c1-20(2,3)18-13-25-19(21-18)16-11-7-8-12-17(16)22-26(23,24)14-15-9-5-4-6-10-15/h4-12,18,22H,13-14H2,1-3H3. The number of rotatable bonds is 5. The summed E-state index contributed by atoms with van der Waals surface area (Å²) >= 11 is 0. The van der Waals surface area contributed by atoms with E-state index in [1.54, 1.807) is 24.3 Å². The van der Waals surface area contributed by atoms with Gasteiger partial charge in [-0.25, -0.2) is 13.4 Å². The molecule has 1 unspecified atom stereocenters. The smallest absolute Gasteiger partial charge is 0.236 e. The number of anilines is 1. The molecule has 26 heavy (non-hydrogen) atoms. The lowest BCUT2D eigenvalue weighted by atomic mass is 9.88. The summed E-state index contributed by atoms with van der Waals surface area (Å²) in [5.74, 6) is 0.406. The first-order chi connectivity index (χ1) is 12.2. The first-order valence-corrected chi connectivity index (χ1v) is 10.2. The normalized spacial score (nSPS) is 17.5. The van der Waals surface area contributed by atoms with Gasteiger partial charge in [0.05, 0.1) is 23.0 Å². The molecule has 3 rings (SSSR count). The fraction of sp³-hybridized carbons (Fsp3) is 0.350. The maximum Gasteiger partial charge on any atom is 0.236 e. The van der Waals surface area contributed by atoms with Crippen molar-refractivity contribution in [2.75, 3.05) is 11.3 Å². The zero-order chi connectivity index (χ0) is 18.8. The maximum atomic E-state index is 12.6. The second-order valence-corrected chi connectivity index (χ2v) is 9.24. The highest BCUT2D eigenvalue weighted by Crippen LogP contribution is 2.29. The lowest BCUT2D eigenvalue weighted by Crippen LogP contribution is -2.25. The minimum atomic E-state index is -3.54. The minimum Gasteiger partial charge on any atom is -0.475 e. The Labute approximate surface area is 155 Å². The largest absolute Gasteiger partial charge is 0.475 e. The molecular formula is C20H24N2O3S. The number of benzene rings is 2. The van der Waals surface area contributed by atoms with Crippen LogP contribution in [0.5, 0.6) is 0 Å². The molecule has 0 fully saturated rings. The first-order valence-electron chi connectivity index (χ1n) is 8.59. The number of aliphatic imine (C=N–C) groups is 1. The van der Waals surface area contributed by atoms with Crippen molar-refractivity contribution in [2.45, 2.75) is 32.6 Å². The van der Waals surface area contributed by atoms with E-state index in [4.69, 9.17) is 4.74 Å². The Kier molecular flexibility index (Phi) is 5.05. The van der Waals surface area contributed by atoms with Gasteiger partial charge in [-0.3, -0.25) is 4.72 Å². The molecule has 138 valence electrons. The van der Waals surface area contributed by atoms with Crippen LogP contribution >= 0.6 is 0 Å². The van der Waals surface area contributed by atoms with Gasteiger partial charge in [0.25, 0.3) is 0 Å². The van der Waals surface area contributed by atoms with Crippen molar-refractivity contribution in [3.05, 3.63) is 65.7 Å². The molecule has 0 radical (unpaired) electrons. The average molecular weight is 372 g/mol. The molecule has 5 nitrogen and oxygen atoms in total. The van der Waals surface area contributed by atoms with Crippen LogP contribution in [0.15, 0.2) is 59.6 Å². The second kappa shape index (κ2) is 7.11. The highest BCUT2D eigenvalue weighted by Gasteiger charge is 2.31. The summed E-state index contributed by atoms with van der Waals surface area (Å²) in [5, 5.41) is 0. The Bertz CT molecular complexity index is 900. The van der Waals surface area contributed by atoms with Gasteiger partial charge in [-0.1, -0.05) is 63.2 Å². The Hall–Kier alpha value is -2.34. The molecule has 1 N–H and O–H groups in total. The zero-order valence-electron chi connectivity index (χ0n) is 15.3. The Balaban J connectivity index is 1.84. The van der Waals surface area contributed by atoms with Crippen LogP contribution in [0.3, 0.4) is 0 Å². The van der Waals surface area contributed by atoms with Gasteiger partial charge in [0.1, 0.15) is 6.61 Å². The van der Waals surface area contributed by atoms with Crippen LogP contribution in [0, 0.1) is 5.41 Å². The number of nitrogens with zero attached hydrogens (tertiary/aromatic N) is 1. The molecule has 0 saturated heterocycles. The number of nitrogens with one attached hydrogen (secondary N) is 1. The minimum absolute atomic E-state index is 0.0104. The van der Waals surface area contributed by atoms with Gasteiger partial charge in [0.15, 0.2) is 0 Å². The maximum absolute atomic E-state index is 12.6. The molecule has 0 aromatic heterocycles. The van der Waals surface area contributed by atoms with Crippen molar-refractivity contribution < 1.29 is 13.2 Å². The van der Waals surface area contributed by atoms with E-state index in [2.05, 4.69) is 30.5 Å². The molecule has 0 bridgehead atoms. The molecule has 0 amide bonds. The highest BCUT2D eigenvalue weighted by atomic mass is 32.2. The van der Waals surface area contributed by atoms with Crippen LogP contribution in [0.1, 0.15) is 31.9 Å². The topological polar surface area (TPSA) is 67.8 Å². The summed E-state index contributed by atoms with van der Waals surface area (Å²) in [6.45, 7) is 6.84. The van der Waals surface area contributed by atoms with Crippen LogP contribution in [0.25, 0.3) is 0 Å². The van der Waals surface area contributed by atoms with Crippen molar-refractivity contribution in [2.24, 2.45) is 10.4 Å². The Morgan fingerprint density at radius 1 is 1.08 bits per heavy atom. The lowest BCUT2D eigenvalue weighted by Gasteiger charge is -2.21. The van der Waals surface area contributed by atoms with Crippen LogP contribution < -0.4 is 4.72 Å². The fourth-order valence-electron chi connectivity index (χ4n) is 2.72. The summed E-state index contributed by atoms with van der Waals surface area (Å²) in [6.07, 6.45) is 0. The predicted octanol–water partition coefficient (Wildman–Crippen LogP) is 3.82. The first kappa shape index (κ1) is 18.5. The van der Waals surface area contributed by atoms with E-state index in [0.29, 0.717) is 23.8 Å². The van der Waals surface area contributed by atoms with Gasteiger partial charge >= 0.3 is 0 Å². The van der Waals surface area contributed by atoms with Crippen LogP contribution in [-0.4, -0.2) is 27.0 Å². The molecule has 0 spiro atoms. The molecule has 1 aliphatic heterocycles. The van der Waals surface area contributed by atoms with Gasteiger partial charge in [-0.05, 0) is 23.1 Å². The quantitative estimate of drug-likeness (QED) is 0.867. The van der Waals surface area contributed by atoms with E-state index >= 15 is 0 Å². The SMILES string of the molecule is CC(C)(C)C1COC(c2ccccc2NS(=O)(=O)Cc2ccccc2)=N1. The fourth-order valence-corrected chi connectivity index (χ4v) is 3.94. The summed E-state index contributed by atoms with van der Waals surface area (Å²) in [4.78, 5) is 4.66. The molecule has 6 heteroatoms. The predicted molar refractivity (Wildman–Crippen MR) is 105 cm³/mol. The second-order valence-electron chi connectivity index (χ2n) is 7.52. The molecule has 1 atom stereocenters. The van der Waals surface area contributed by atoms with E-state index < -0.39 is 10.0 Å². The third-order valence-corrected chi connectivity index (χ3v) is 5.52. The number of hydrogen-bond donors (Lipinski definition) is 1. The van der Waals surface area contributed by atoms with Gasteiger partial charge < -0.3 is 4.74 Å². The summed E-state index contributed by atoms with van der Waals surface area (Å²) in [5.41, 5.74) is 1.87. The van der Waals surface area contributed by atoms with E-state index in [1.807, 2.05) is 30.3 Å². The van der Waals surface area contributed by atoms with Crippen molar-refractivity contribution in [1.29, 1.82) is 0 Å². The van der Waals surface area contributed by atoms with Crippen molar-refractivity contribution >= 4 is 21.6 Å². The summed E-state index contributed by atoms with van der Waals surface area (Å²) < 4.78 is 33.6. The van der Waals surface area contributed by atoms with E-state index in [1.165, 1.54) is 0 Å². The van der Waals surface area contributed by atoms with E-state index in [0.717, 1.165) is 5.56 Å². The van der Waals surface area contributed by atoms with Crippen LogP contribution in [-0.2, 0) is 20.5 Å². The number of para-hydroxylation sites is 1. The molecule has 2 aromatic carbocycles. The summed E-state index contributed by atoms with van der Waals surface area (Å²) in [6, 6.07) is 16.3. The molecular weight excluding hydrogens is 348 g/mol. The monoisotopic (exact) mass is 372 g/mol. The highest BCUT2D eigenvalue weighted by molar-refractivity contribution is 7.91. The van der Waals surface area contributed by atoms with Crippen molar-refractivity contribution in [3.8, 4) is 0 Å². The molecule has 0 aliphatic carbocycles. The van der Waals surface area contributed by atoms with Gasteiger partial charge in [0, 0.05) is 0 Å². The Morgan fingerprint density at radius 2 is 1.73 bits per heavy atom. The molecule has 1 heterocycles. The lowest BCUT2D eigenvalue weighted by molar-refractivity contribution is 0.236. The molecule has 0 saturated carbocycles. The number of hydrogen-bond acceptors (Lipinski definition) is 4. The summed E-state index contributed by atoms with van der Waals surface area (Å²) in [7, 11) is -3.54. The number of sulfonamides is 1. The third kappa shape index (κ3) is 4.43. The third-order valence-electron chi connectivity index (χ3n) is 4.27. The van der Waals surface area contributed by atoms with Crippen LogP contribution in [0.2, 0.25) is 0 Å². The zero-order valence-corrected chi connectivity index (χ0v) is 16.1. The van der Waals surface area contributed by atoms with Crippen LogP contribution in [0.4, 0.5) is 5.69 Å². The van der Waals surface area contributed by atoms with E-state index in [-0.39, 0.29) is 17.2 Å². The van der Waals surface area contributed by atoms with Gasteiger partial charge in [-0.15, -0.1) is 0 Å². The number of ether oxygens (including phenoxy) is 1.